The summed E-state index contributed by atoms with van der Waals surface area (Å²) in [5.41, 5.74) is 6.89. The highest BCUT2D eigenvalue weighted by molar-refractivity contribution is 6.11. The van der Waals surface area contributed by atoms with Crippen molar-refractivity contribution in [1.29, 1.82) is 0 Å². The highest BCUT2D eigenvalue weighted by atomic mass is 16.2. The molecular weight excluding hydrogens is 420 g/mol. The normalized spacial score (nSPS) is 21.2. The van der Waals surface area contributed by atoms with Gasteiger partial charge in [-0.25, -0.2) is 4.68 Å². The average Bonchev–Trinajstić information content (AvgIpc) is 3.45. The number of piperidine rings is 1. The third kappa shape index (κ3) is 3.44. The predicted octanol–water partition coefficient (Wildman–Crippen LogP) is 3.88. The van der Waals surface area contributed by atoms with E-state index in [9.17, 15) is 4.79 Å². The molecule has 0 radical (unpaired) electrons. The van der Waals surface area contributed by atoms with Crippen LogP contribution in [0, 0.1) is 6.92 Å². The zero-order valence-electron chi connectivity index (χ0n) is 19.6. The molecule has 2 aliphatic rings. The second-order valence-corrected chi connectivity index (χ2v) is 9.65. The van der Waals surface area contributed by atoms with Gasteiger partial charge in [0.05, 0.1) is 43.3 Å². The molecule has 1 N–H and O–H groups in total. The van der Waals surface area contributed by atoms with Gasteiger partial charge in [0.15, 0.2) is 0 Å². The van der Waals surface area contributed by atoms with Crippen LogP contribution >= 0.6 is 0 Å². The molecule has 1 aromatic heterocycles. The molecule has 1 unspecified atom stereocenters. The second-order valence-electron chi connectivity index (χ2n) is 9.65. The second kappa shape index (κ2) is 8.26. The highest BCUT2D eigenvalue weighted by Crippen LogP contribution is 2.44. The van der Waals surface area contributed by atoms with Crippen LogP contribution in [0.4, 0.5) is 5.69 Å². The highest BCUT2D eigenvalue weighted by Gasteiger charge is 2.46. The lowest BCUT2D eigenvalue weighted by molar-refractivity contribution is -0.886. The van der Waals surface area contributed by atoms with Crippen molar-refractivity contribution >= 4 is 11.6 Å². The molecule has 3 aromatic carbocycles. The Morgan fingerprint density at radius 2 is 1.74 bits per heavy atom. The number of rotatable bonds is 3. The fraction of sp³-hybridized carbons (Fsp3) is 0.241. The van der Waals surface area contributed by atoms with Gasteiger partial charge in [0.1, 0.15) is 5.69 Å². The number of benzene rings is 3. The maximum absolute atomic E-state index is 14.3. The molecule has 0 bridgehead atoms. The maximum atomic E-state index is 14.3. The molecule has 3 atom stereocenters. The van der Waals surface area contributed by atoms with Crippen molar-refractivity contribution in [3.63, 3.8) is 0 Å². The smallest absolute Gasteiger partial charge is 0.262 e. The third-order valence-corrected chi connectivity index (χ3v) is 7.30. The molecular formula is C29H29N4O+. The molecule has 1 fully saturated rings. The Balaban J connectivity index is 1.48. The summed E-state index contributed by atoms with van der Waals surface area (Å²) in [6, 6.07) is 26.8. The number of hydrogen-bond donors (Lipinski definition) is 1. The molecule has 1 saturated heterocycles. The molecule has 0 saturated carbocycles. The summed E-state index contributed by atoms with van der Waals surface area (Å²) in [7, 11) is 2.26. The summed E-state index contributed by atoms with van der Waals surface area (Å²) < 4.78 is 1.83. The number of fused-ring (bicyclic) bond motifs is 3. The molecule has 1 amide bonds. The zero-order chi connectivity index (χ0) is 23.2. The van der Waals surface area contributed by atoms with Gasteiger partial charge in [0.25, 0.3) is 5.91 Å². The molecule has 4 aromatic rings. The first-order chi connectivity index (χ1) is 16.6. The SMILES string of the molecule is Cc1ccc2c(c1)[C@@H]1C[NH+](C)CC[C@@H]1N2C(=O)c1cn(-c2ccccc2)nc1-c1ccccc1. The molecule has 5 heteroatoms. The van der Waals surface area contributed by atoms with Crippen LogP contribution in [0.25, 0.3) is 16.9 Å². The predicted molar refractivity (Wildman–Crippen MR) is 135 cm³/mol. The van der Waals surface area contributed by atoms with Gasteiger partial charge in [-0.1, -0.05) is 66.2 Å². The molecule has 5 nitrogen and oxygen atoms in total. The lowest BCUT2D eigenvalue weighted by atomic mass is 9.88. The van der Waals surface area contributed by atoms with Crippen LogP contribution in [-0.4, -0.2) is 41.9 Å². The number of aromatic nitrogens is 2. The first kappa shape index (κ1) is 20.9. The van der Waals surface area contributed by atoms with Gasteiger partial charge in [-0.3, -0.25) is 4.79 Å². The van der Waals surface area contributed by atoms with E-state index in [1.165, 1.54) is 16.0 Å². The van der Waals surface area contributed by atoms with E-state index in [2.05, 4.69) is 37.1 Å². The number of amides is 1. The Labute approximate surface area is 200 Å². The van der Waals surface area contributed by atoms with Crippen LogP contribution in [0.2, 0.25) is 0 Å². The summed E-state index contributed by atoms with van der Waals surface area (Å²) in [5, 5.41) is 4.89. The van der Waals surface area contributed by atoms with Gasteiger partial charge in [0, 0.05) is 23.9 Å². The topological polar surface area (TPSA) is 42.6 Å². The number of para-hydroxylation sites is 1. The van der Waals surface area contributed by atoms with Crippen molar-refractivity contribution in [2.45, 2.75) is 25.3 Å². The molecule has 2 aliphatic heterocycles. The summed E-state index contributed by atoms with van der Waals surface area (Å²) in [6.07, 6.45) is 2.91. The molecule has 170 valence electrons. The van der Waals surface area contributed by atoms with E-state index < -0.39 is 0 Å². The molecule has 0 aliphatic carbocycles. The Morgan fingerprint density at radius 3 is 2.50 bits per heavy atom. The number of quaternary nitrogens is 1. The van der Waals surface area contributed by atoms with Crippen LogP contribution < -0.4 is 9.80 Å². The Kier molecular flexibility index (Phi) is 5.07. The summed E-state index contributed by atoms with van der Waals surface area (Å²) >= 11 is 0. The van der Waals surface area contributed by atoms with Gasteiger partial charge in [-0.15, -0.1) is 0 Å². The summed E-state index contributed by atoms with van der Waals surface area (Å²) in [5.74, 6) is 0.412. The van der Waals surface area contributed by atoms with Crippen LogP contribution in [0.5, 0.6) is 0 Å². The van der Waals surface area contributed by atoms with Crippen LogP contribution in [0.15, 0.2) is 85.1 Å². The van der Waals surface area contributed by atoms with E-state index in [1.807, 2.05) is 71.5 Å². The fourth-order valence-electron chi connectivity index (χ4n) is 5.65. The third-order valence-electron chi connectivity index (χ3n) is 7.30. The molecule has 3 heterocycles. The van der Waals surface area contributed by atoms with Crippen LogP contribution in [0.3, 0.4) is 0 Å². The van der Waals surface area contributed by atoms with E-state index in [-0.39, 0.29) is 11.9 Å². The minimum absolute atomic E-state index is 0.0400. The lowest BCUT2D eigenvalue weighted by Gasteiger charge is -2.34. The van der Waals surface area contributed by atoms with Crippen molar-refractivity contribution in [3.05, 3.63) is 102 Å². The first-order valence-electron chi connectivity index (χ1n) is 12.1. The Hall–Kier alpha value is -3.70. The van der Waals surface area contributed by atoms with Crippen molar-refractivity contribution in [2.24, 2.45) is 0 Å². The maximum Gasteiger partial charge on any atom is 0.262 e. The van der Waals surface area contributed by atoms with E-state index in [4.69, 9.17) is 5.10 Å². The number of carbonyl (C=O) groups is 1. The number of nitrogens with zero attached hydrogens (tertiary/aromatic N) is 3. The number of nitrogens with one attached hydrogen (secondary N) is 1. The molecule has 34 heavy (non-hydrogen) atoms. The van der Waals surface area contributed by atoms with Gasteiger partial charge in [-0.2, -0.15) is 5.10 Å². The average molecular weight is 450 g/mol. The monoisotopic (exact) mass is 449 g/mol. The van der Waals surface area contributed by atoms with Crippen LogP contribution in [-0.2, 0) is 0 Å². The minimum atomic E-state index is 0.0400. The van der Waals surface area contributed by atoms with Crippen molar-refractivity contribution in [1.82, 2.24) is 9.78 Å². The molecule has 6 rings (SSSR count). The van der Waals surface area contributed by atoms with E-state index in [1.54, 1.807) is 0 Å². The Bertz CT molecular complexity index is 1350. The number of anilines is 1. The van der Waals surface area contributed by atoms with Crippen molar-refractivity contribution < 1.29 is 9.69 Å². The van der Waals surface area contributed by atoms with Gasteiger partial charge >= 0.3 is 0 Å². The summed E-state index contributed by atoms with van der Waals surface area (Å²) in [4.78, 5) is 17.9. The fourth-order valence-corrected chi connectivity index (χ4v) is 5.65. The largest absolute Gasteiger partial charge is 0.337 e. The van der Waals surface area contributed by atoms with E-state index in [0.29, 0.717) is 11.5 Å². The van der Waals surface area contributed by atoms with Gasteiger partial charge in [-0.05, 0) is 30.7 Å². The number of aryl methyl sites for hydroxylation is 1. The summed E-state index contributed by atoms with van der Waals surface area (Å²) in [6.45, 7) is 4.27. The van der Waals surface area contributed by atoms with Gasteiger partial charge in [0.2, 0.25) is 0 Å². The quantitative estimate of drug-likeness (QED) is 0.516. The first-order valence-corrected chi connectivity index (χ1v) is 12.1. The zero-order valence-corrected chi connectivity index (χ0v) is 19.6. The standard InChI is InChI=1S/C29H28N4O/c1-20-13-14-26-23(17-20)24-18-31(2)16-15-27(24)33(26)29(34)25-19-32(22-11-7-4-8-12-22)30-28(25)21-9-5-3-6-10-21/h3-14,17,19,24,27H,15-16,18H2,1-2H3/p+1/t24-,27-/m0/s1. The van der Waals surface area contributed by atoms with Crippen LogP contribution in [0.1, 0.15) is 33.8 Å². The number of likely N-dealkylation sites (N-methyl/N-ethyl adjacent to an activating group) is 1. The molecule has 0 spiro atoms. The Morgan fingerprint density at radius 1 is 1.00 bits per heavy atom. The number of carbonyl (C=O) groups excluding carboxylic acids is 1. The minimum Gasteiger partial charge on any atom is -0.337 e. The van der Waals surface area contributed by atoms with E-state index in [0.717, 1.165) is 42.1 Å². The van der Waals surface area contributed by atoms with Crippen molar-refractivity contribution in [3.8, 4) is 16.9 Å². The number of hydrogen-bond acceptors (Lipinski definition) is 2. The van der Waals surface area contributed by atoms with Crippen molar-refractivity contribution in [2.75, 3.05) is 25.0 Å². The van der Waals surface area contributed by atoms with Gasteiger partial charge < -0.3 is 9.80 Å². The lowest BCUT2D eigenvalue weighted by Crippen LogP contribution is -3.11. The number of likely N-dealkylation sites (tertiary alicyclic amines) is 1. The van der Waals surface area contributed by atoms with E-state index >= 15 is 0 Å².